The first-order chi connectivity index (χ1) is 14.7. The Labute approximate surface area is 204 Å². The number of aromatic nitrogens is 1. The van der Waals surface area contributed by atoms with Crippen LogP contribution in [0, 0.1) is 11.8 Å². The predicted octanol–water partition coefficient (Wildman–Crippen LogP) is 3.72. The first kappa shape index (κ1) is 26.1. The van der Waals surface area contributed by atoms with Crippen LogP contribution in [0.15, 0.2) is 23.3 Å². The molecule has 176 valence electrons. The minimum Gasteiger partial charge on any atom is -0.474 e. The van der Waals surface area contributed by atoms with E-state index in [1.54, 1.807) is 7.11 Å². The lowest BCUT2D eigenvalue weighted by atomic mass is 9.89. The second-order valence-electron chi connectivity index (χ2n) is 8.57. The number of hydrogen-bond acceptors (Lipinski definition) is 5. The van der Waals surface area contributed by atoms with E-state index in [1.165, 1.54) is 12.8 Å². The molecule has 8 heteroatoms. The fourth-order valence-electron chi connectivity index (χ4n) is 4.21. The van der Waals surface area contributed by atoms with Crippen LogP contribution in [-0.4, -0.2) is 69.0 Å². The second kappa shape index (κ2) is 14.1. The number of hydrogen-bond donors (Lipinski definition) is 1. The molecule has 2 aliphatic rings. The van der Waals surface area contributed by atoms with E-state index in [4.69, 9.17) is 14.2 Å². The molecular formula is C23H39IN4O3. The summed E-state index contributed by atoms with van der Waals surface area (Å²) >= 11 is 0. The Morgan fingerprint density at radius 3 is 2.77 bits per heavy atom. The smallest absolute Gasteiger partial charge is 0.213 e. The van der Waals surface area contributed by atoms with Crippen LogP contribution in [0.1, 0.15) is 44.6 Å². The van der Waals surface area contributed by atoms with Crippen LogP contribution in [0.4, 0.5) is 0 Å². The monoisotopic (exact) mass is 546 g/mol. The van der Waals surface area contributed by atoms with E-state index in [0.717, 1.165) is 62.3 Å². The molecule has 0 amide bonds. The number of nitrogens with zero attached hydrogens (tertiary/aromatic N) is 3. The molecule has 31 heavy (non-hydrogen) atoms. The Morgan fingerprint density at radius 1 is 1.23 bits per heavy atom. The Morgan fingerprint density at radius 2 is 2.03 bits per heavy atom. The zero-order valence-corrected chi connectivity index (χ0v) is 21.5. The number of ether oxygens (including phenoxy) is 3. The summed E-state index contributed by atoms with van der Waals surface area (Å²) < 4.78 is 16.9. The van der Waals surface area contributed by atoms with Crippen molar-refractivity contribution in [2.24, 2.45) is 16.8 Å². The van der Waals surface area contributed by atoms with Crippen LogP contribution in [-0.2, 0) is 16.0 Å². The van der Waals surface area contributed by atoms with Crippen LogP contribution < -0.4 is 10.1 Å². The van der Waals surface area contributed by atoms with Crippen molar-refractivity contribution in [1.82, 2.24) is 15.2 Å². The summed E-state index contributed by atoms with van der Waals surface area (Å²) in [6, 6.07) is 4.08. The Kier molecular flexibility index (Phi) is 11.9. The fourth-order valence-corrected chi connectivity index (χ4v) is 4.21. The third kappa shape index (κ3) is 8.73. The lowest BCUT2D eigenvalue weighted by Gasteiger charge is -2.26. The summed E-state index contributed by atoms with van der Waals surface area (Å²) in [5, 5.41) is 3.49. The van der Waals surface area contributed by atoms with Crippen LogP contribution in [0.25, 0.3) is 0 Å². The standard InChI is InChI=1S/C23H38N4O3.HI/c1-18-4-6-21(7-5-18)30-22-14-19(8-10-25-22)15-26-23(24-2)27-11-9-20(16-27)17-29-13-12-28-3;/h8,10,14,18,20-21H,4-7,9,11-13,15-17H2,1-3H3,(H,24,26);1H. The number of halogens is 1. The van der Waals surface area contributed by atoms with Gasteiger partial charge in [-0.15, -0.1) is 24.0 Å². The van der Waals surface area contributed by atoms with Crippen LogP contribution in [0.3, 0.4) is 0 Å². The number of guanidine groups is 1. The summed E-state index contributed by atoms with van der Waals surface area (Å²) in [6.07, 6.45) is 8.02. The lowest BCUT2D eigenvalue weighted by molar-refractivity contribution is 0.0536. The largest absolute Gasteiger partial charge is 0.474 e. The highest BCUT2D eigenvalue weighted by molar-refractivity contribution is 14.0. The van der Waals surface area contributed by atoms with Crippen molar-refractivity contribution in [2.75, 3.05) is 47.1 Å². The van der Waals surface area contributed by atoms with E-state index >= 15 is 0 Å². The Bertz CT molecular complexity index is 668. The summed E-state index contributed by atoms with van der Waals surface area (Å²) in [5.74, 6) is 3.04. The molecule has 0 bridgehead atoms. The molecule has 2 heterocycles. The van der Waals surface area contributed by atoms with Crippen LogP contribution in [0.5, 0.6) is 5.88 Å². The van der Waals surface area contributed by atoms with E-state index < -0.39 is 0 Å². The van der Waals surface area contributed by atoms with Gasteiger partial charge in [-0.25, -0.2) is 4.98 Å². The second-order valence-corrected chi connectivity index (χ2v) is 8.57. The molecule has 1 saturated carbocycles. The van der Waals surface area contributed by atoms with E-state index in [9.17, 15) is 0 Å². The Hall–Kier alpha value is -1.13. The molecule has 0 spiro atoms. The van der Waals surface area contributed by atoms with Gasteiger partial charge in [-0.3, -0.25) is 4.99 Å². The van der Waals surface area contributed by atoms with E-state index in [2.05, 4.69) is 33.2 Å². The van der Waals surface area contributed by atoms with E-state index in [1.807, 2.05) is 19.3 Å². The Balaban J connectivity index is 0.00000341. The molecule has 3 rings (SSSR count). The highest BCUT2D eigenvalue weighted by atomic mass is 127. The zero-order valence-electron chi connectivity index (χ0n) is 19.2. The average molecular weight is 546 g/mol. The van der Waals surface area contributed by atoms with Gasteiger partial charge in [-0.2, -0.15) is 0 Å². The topological polar surface area (TPSA) is 68.2 Å². The van der Waals surface area contributed by atoms with Gasteiger partial charge in [0.2, 0.25) is 5.88 Å². The van der Waals surface area contributed by atoms with Crippen molar-refractivity contribution in [3.63, 3.8) is 0 Å². The molecule has 7 nitrogen and oxygen atoms in total. The summed E-state index contributed by atoms with van der Waals surface area (Å²) in [5.41, 5.74) is 1.16. The van der Waals surface area contributed by atoms with Crippen molar-refractivity contribution >= 4 is 29.9 Å². The normalized spacial score (nSPS) is 24.0. The zero-order chi connectivity index (χ0) is 21.2. The third-order valence-corrected chi connectivity index (χ3v) is 6.08. The number of methoxy groups -OCH3 is 1. The maximum atomic E-state index is 6.14. The van der Waals surface area contributed by atoms with Gasteiger partial charge >= 0.3 is 0 Å². The number of pyridine rings is 1. The molecule has 1 aliphatic carbocycles. The highest BCUT2D eigenvalue weighted by Crippen LogP contribution is 2.26. The van der Waals surface area contributed by atoms with Crippen molar-refractivity contribution in [3.8, 4) is 5.88 Å². The minimum absolute atomic E-state index is 0. The molecule has 2 fully saturated rings. The molecule has 1 aromatic heterocycles. The van der Waals surface area contributed by atoms with E-state index in [0.29, 0.717) is 31.8 Å². The van der Waals surface area contributed by atoms with Gasteiger partial charge in [-0.05, 0) is 49.7 Å². The number of nitrogens with one attached hydrogen (secondary N) is 1. The summed E-state index contributed by atoms with van der Waals surface area (Å²) in [7, 11) is 3.54. The van der Waals surface area contributed by atoms with Gasteiger partial charge in [0.1, 0.15) is 6.10 Å². The fraction of sp³-hybridized carbons (Fsp3) is 0.739. The van der Waals surface area contributed by atoms with Crippen molar-refractivity contribution in [1.29, 1.82) is 0 Å². The molecule has 1 aromatic rings. The molecule has 1 N–H and O–H groups in total. The molecule has 1 saturated heterocycles. The molecule has 1 aliphatic heterocycles. The maximum absolute atomic E-state index is 6.14. The van der Waals surface area contributed by atoms with Gasteiger partial charge in [0.05, 0.1) is 19.8 Å². The van der Waals surface area contributed by atoms with E-state index in [-0.39, 0.29) is 24.0 Å². The quantitative estimate of drug-likeness (QED) is 0.221. The highest BCUT2D eigenvalue weighted by Gasteiger charge is 2.25. The molecule has 0 radical (unpaired) electrons. The first-order valence-electron chi connectivity index (χ1n) is 11.3. The number of likely N-dealkylation sites (tertiary alicyclic amines) is 1. The molecular weight excluding hydrogens is 507 g/mol. The number of rotatable bonds is 9. The van der Waals surface area contributed by atoms with Gasteiger partial charge in [-0.1, -0.05) is 6.92 Å². The van der Waals surface area contributed by atoms with Gasteiger partial charge < -0.3 is 24.4 Å². The van der Waals surface area contributed by atoms with Crippen molar-refractivity contribution in [2.45, 2.75) is 51.7 Å². The van der Waals surface area contributed by atoms with Gasteiger partial charge in [0, 0.05) is 52.0 Å². The lowest BCUT2D eigenvalue weighted by Crippen LogP contribution is -2.39. The minimum atomic E-state index is 0. The average Bonchev–Trinajstić information content (AvgIpc) is 3.22. The first-order valence-corrected chi connectivity index (χ1v) is 11.3. The number of aliphatic imine (C=N–C) groups is 1. The SMILES string of the molecule is CN=C(NCc1ccnc(OC2CCC(C)CC2)c1)N1CCC(COCCOC)C1.I. The molecule has 1 atom stereocenters. The summed E-state index contributed by atoms with van der Waals surface area (Å²) in [6.45, 7) is 7.09. The third-order valence-electron chi connectivity index (χ3n) is 6.08. The maximum Gasteiger partial charge on any atom is 0.213 e. The molecule has 1 unspecified atom stereocenters. The summed E-state index contributed by atoms with van der Waals surface area (Å²) in [4.78, 5) is 11.2. The van der Waals surface area contributed by atoms with Gasteiger partial charge in [0.15, 0.2) is 5.96 Å². The van der Waals surface area contributed by atoms with Gasteiger partial charge in [0.25, 0.3) is 0 Å². The predicted molar refractivity (Wildman–Crippen MR) is 134 cm³/mol. The molecule has 0 aromatic carbocycles. The van der Waals surface area contributed by atoms with Crippen LogP contribution >= 0.6 is 24.0 Å². The van der Waals surface area contributed by atoms with Crippen molar-refractivity contribution < 1.29 is 14.2 Å². The van der Waals surface area contributed by atoms with Crippen molar-refractivity contribution in [3.05, 3.63) is 23.9 Å². The van der Waals surface area contributed by atoms with Crippen LogP contribution in [0.2, 0.25) is 0 Å².